The van der Waals surface area contributed by atoms with Crippen LogP contribution in [0.5, 0.6) is 0 Å². The van der Waals surface area contributed by atoms with E-state index in [2.05, 4.69) is 5.16 Å². The number of Topliss-reactive ketones (excluding diaryl/α,β-unsaturated/α-hetero) is 1. The summed E-state index contributed by atoms with van der Waals surface area (Å²) >= 11 is 0. The Bertz CT molecular complexity index is 700. The van der Waals surface area contributed by atoms with Crippen LogP contribution in [0.3, 0.4) is 0 Å². The molecule has 1 aromatic carbocycles. The van der Waals surface area contributed by atoms with Crippen molar-refractivity contribution in [1.29, 1.82) is 0 Å². The van der Waals surface area contributed by atoms with Gasteiger partial charge in [-0.1, -0.05) is 11.2 Å². The zero-order chi connectivity index (χ0) is 15.6. The number of ketones is 1. The van der Waals surface area contributed by atoms with Crippen LogP contribution in [-0.4, -0.2) is 23.5 Å². The number of benzene rings is 1. The molecule has 0 aliphatic rings. The minimum Gasteiger partial charge on any atom is -0.451 e. The molecule has 5 heteroatoms. The van der Waals surface area contributed by atoms with Gasteiger partial charge in [0.05, 0.1) is 5.69 Å². The van der Waals surface area contributed by atoms with Crippen LogP contribution < -0.4 is 0 Å². The van der Waals surface area contributed by atoms with Crippen molar-refractivity contribution in [3.63, 3.8) is 0 Å². The van der Waals surface area contributed by atoms with E-state index in [4.69, 9.17) is 9.26 Å². The van der Waals surface area contributed by atoms with Crippen molar-refractivity contribution in [3.05, 3.63) is 51.9 Å². The van der Waals surface area contributed by atoms with Gasteiger partial charge in [0.1, 0.15) is 0 Å². The lowest BCUT2D eigenvalue weighted by atomic mass is 9.98. The highest BCUT2D eigenvalue weighted by Gasteiger charge is 2.17. The smallest absolute Gasteiger partial charge is 0.377 e. The monoisotopic (exact) mass is 287 g/mol. The quantitative estimate of drug-likeness (QED) is 0.638. The van der Waals surface area contributed by atoms with E-state index in [9.17, 15) is 9.59 Å². The summed E-state index contributed by atoms with van der Waals surface area (Å²) in [5, 5.41) is 3.60. The highest BCUT2D eigenvalue weighted by Crippen LogP contribution is 2.16. The molecule has 2 rings (SSSR count). The van der Waals surface area contributed by atoms with Crippen LogP contribution in [0.15, 0.2) is 22.7 Å². The van der Waals surface area contributed by atoms with Crippen molar-refractivity contribution < 1.29 is 18.8 Å². The van der Waals surface area contributed by atoms with Gasteiger partial charge in [-0.05, 0) is 50.5 Å². The third kappa shape index (κ3) is 3.37. The zero-order valence-electron chi connectivity index (χ0n) is 12.5. The molecule has 0 amide bonds. The molecule has 1 aromatic heterocycles. The Kier molecular flexibility index (Phi) is 4.21. The molecule has 0 radical (unpaired) electrons. The number of carbonyl (C=O) groups excluding carboxylic acids is 2. The summed E-state index contributed by atoms with van der Waals surface area (Å²) < 4.78 is 9.75. The van der Waals surface area contributed by atoms with Crippen LogP contribution >= 0.6 is 0 Å². The highest BCUT2D eigenvalue weighted by atomic mass is 16.6. The van der Waals surface area contributed by atoms with Gasteiger partial charge in [-0.25, -0.2) is 4.79 Å². The fraction of sp³-hybridized carbons (Fsp3) is 0.312. The van der Waals surface area contributed by atoms with E-state index in [1.54, 1.807) is 6.92 Å². The maximum absolute atomic E-state index is 12.1. The number of hydrogen-bond acceptors (Lipinski definition) is 5. The van der Waals surface area contributed by atoms with Gasteiger partial charge in [-0.2, -0.15) is 0 Å². The van der Waals surface area contributed by atoms with Crippen molar-refractivity contribution >= 4 is 11.8 Å². The van der Waals surface area contributed by atoms with E-state index >= 15 is 0 Å². The molecule has 0 unspecified atom stereocenters. The second-order valence-corrected chi connectivity index (χ2v) is 5.08. The number of rotatable bonds is 4. The average molecular weight is 287 g/mol. The van der Waals surface area contributed by atoms with Crippen molar-refractivity contribution in [2.75, 3.05) is 6.61 Å². The molecular formula is C16H17NO4. The summed E-state index contributed by atoms with van der Waals surface area (Å²) in [6.45, 7) is 7.17. The number of ether oxygens (including phenoxy) is 1. The maximum Gasteiger partial charge on any atom is 0.377 e. The summed E-state index contributed by atoms with van der Waals surface area (Å²) in [5.74, 6) is -0.928. The fourth-order valence-electron chi connectivity index (χ4n) is 2.00. The third-order valence-electron chi connectivity index (χ3n) is 3.30. The van der Waals surface area contributed by atoms with Crippen molar-refractivity contribution in [2.45, 2.75) is 27.7 Å². The molecule has 21 heavy (non-hydrogen) atoms. The van der Waals surface area contributed by atoms with Crippen LogP contribution in [0.2, 0.25) is 0 Å². The van der Waals surface area contributed by atoms with Crippen LogP contribution in [0.1, 0.15) is 43.3 Å². The molecule has 0 spiro atoms. The Hall–Kier alpha value is -2.43. The van der Waals surface area contributed by atoms with E-state index < -0.39 is 5.97 Å². The molecule has 0 saturated carbocycles. The second-order valence-electron chi connectivity index (χ2n) is 5.08. The minimum atomic E-state index is -0.689. The van der Waals surface area contributed by atoms with Crippen molar-refractivity contribution in [2.24, 2.45) is 0 Å². The van der Waals surface area contributed by atoms with Gasteiger partial charge >= 0.3 is 5.97 Å². The summed E-state index contributed by atoms with van der Waals surface area (Å²) in [6, 6.07) is 5.23. The number of carbonyl (C=O) groups is 2. The molecule has 0 N–H and O–H groups in total. The van der Waals surface area contributed by atoms with Gasteiger partial charge in [0, 0.05) is 11.6 Å². The standard InChI is InChI=1S/C16H17NO4/c1-9-5-11(3)13(6-10(9)2)14(18)8-20-16(19)15-7-12(4)17-21-15/h5-7H,8H2,1-4H3. The highest BCUT2D eigenvalue weighted by molar-refractivity contribution is 6.00. The Morgan fingerprint density at radius 1 is 1.05 bits per heavy atom. The summed E-state index contributed by atoms with van der Waals surface area (Å²) in [5.41, 5.74) is 4.17. The predicted octanol–water partition coefficient (Wildman–Crippen LogP) is 2.95. The van der Waals surface area contributed by atoms with Crippen molar-refractivity contribution in [1.82, 2.24) is 5.16 Å². The fourth-order valence-corrected chi connectivity index (χ4v) is 2.00. The summed E-state index contributed by atoms with van der Waals surface area (Å²) in [4.78, 5) is 23.8. The largest absolute Gasteiger partial charge is 0.451 e. The number of aryl methyl sites for hydroxylation is 4. The first-order chi connectivity index (χ1) is 9.88. The Morgan fingerprint density at radius 2 is 1.71 bits per heavy atom. The molecule has 0 saturated heterocycles. The van der Waals surface area contributed by atoms with E-state index in [0.29, 0.717) is 11.3 Å². The van der Waals surface area contributed by atoms with E-state index in [0.717, 1.165) is 16.7 Å². The van der Waals surface area contributed by atoms with Gasteiger partial charge < -0.3 is 9.26 Å². The number of nitrogens with zero attached hydrogens (tertiary/aromatic N) is 1. The Morgan fingerprint density at radius 3 is 2.33 bits per heavy atom. The molecule has 0 atom stereocenters. The topological polar surface area (TPSA) is 69.4 Å². The predicted molar refractivity (Wildman–Crippen MR) is 76.5 cm³/mol. The first-order valence-corrected chi connectivity index (χ1v) is 6.60. The lowest BCUT2D eigenvalue weighted by Gasteiger charge is -2.09. The molecule has 2 aromatic rings. The van der Waals surface area contributed by atoms with Gasteiger partial charge in [0.15, 0.2) is 6.61 Å². The lowest BCUT2D eigenvalue weighted by Crippen LogP contribution is -2.15. The van der Waals surface area contributed by atoms with E-state index in [-0.39, 0.29) is 18.2 Å². The maximum atomic E-state index is 12.1. The van der Waals surface area contributed by atoms with E-state index in [1.165, 1.54) is 6.07 Å². The van der Waals surface area contributed by atoms with Crippen LogP contribution in [0.4, 0.5) is 0 Å². The lowest BCUT2D eigenvalue weighted by molar-refractivity contribution is 0.0435. The molecule has 5 nitrogen and oxygen atoms in total. The third-order valence-corrected chi connectivity index (χ3v) is 3.30. The minimum absolute atomic E-state index is 0.00268. The molecule has 1 heterocycles. The number of esters is 1. The van der Waals surface area contributed by atoms with Crippen LogP contribution in [0.25, 0.3) is 0 Å². The van der Waals surface area contributed by atoms with Crippen molar-refractivity contribution in [3.8, 4) is 0 Å². The normalized spacial score (nSPS) is 10.5. The van der Waals surface area contributed by atoms with E-state index in [1.807, 2.05) is 32.9 Å². The Labute approximate surface area is 122 Å². The molecule has 0 aliphatic carbocycles. The van der Waals surface area contributed by atoms with Gasteiger partial charge in [0.25, 0.3) is 0 Å². The first kappa shape index (κ1) is 15.0. The SMILES string of the molecule is Cc1cc(C(=O)OCC(=O)c2cc(C)c(C)cc2C)on1. The second kappa shape index (κ2) is 5.91. The van der Waals surface area contributed by atoms with Gasteiger partial charge in [-0.15, -0.1) is 0 Å². The number of hydrogen-bond donors (Lipinski definition) is 0. The molecule has 0 aliphatic heterocycles. The summed E-state index contributed by atoms with van der Waals surface area (Å²) in [7, 11) is 0. The molecular weight excluding hydrogens is 270 g/mol. The average Bonchev–Trinajstić information content (AvgIpc) is 2.86. The number of aromatic nitrogens is 1. The molecule has 0 fully saturated rings. The molecule has 110 valence electrons. The van der Waals surface area contributed by atoms with Crippen LogP contribution in [0, 0.1) is 27.7 Å². The Balaban J connectivity index is 2.05. The first-order valence-electron chi connectivity index (χ1n) is 6.60. The van der Waals surface area contributed by atoms with Crippen LogP contribution in [-0.2, 0) is 4.74 Å². The van der Waals surface area contributed by atoms with Gasteiger partial charge in [0.2, 0.25) is 11.5 Å². The summed E-state index contributed by atoms with van der Waals surface area (Å²) in [6.07, 6.45) is 0. The van der Waals surface area contributed by atoms with Gasteiger partial charge in [-0.3, -0.25) is 4.79 Å². The molecule has 0 bridgehead atoms. The zero-order valence-corrected chi connectivity index (χ0v) is 12.5.